The molecule has 0 saturated heterocycles. The molecule has 1 aromatic carbocycles. The SMILES string of the molecule is C#CCC(C)NS(=O)(=O)c1cc(C(=O)O)ccc1CC. The van der Waals surface area contributed by atoms with Crippen molar-refractivity contribution in [3.8, 4) is 12.3 Å². The summed E-state index contributed by atoms with van der Waals surface area (Å²) in [5.41, 5.74) is 0.502. The van der Waals surface area contributed by atoms with Crippen molar-refractivity contribution in [1.82, 2.24) is 4.72 Å². The lowest BCUT2D eigenvalue weighted by Gasteiger charge is -2.14. The molecule has 1 atom stereocenters. The van der Waals surface area contributed by atoms with Crippen LogP contribution in [-0.2, 0) is 16.4 Å². The summed E-state index contributed by atoms with van der Waals surface area (Å²) in [6.45, 7) is 3.46. The zero-order chi connectivity index (χ0) is 15.3. The minimum atomic E-state index is -3.79. The number of carboxylic acids is 1. The summed E-state index contributed by atoms with van der Waals surface area (Å²) in [6, 6.07) is 3.67. The van der Waals surface area contributed by atoms with Gasteiger partial charge < -0.3 is 5.11 Å². The van der Waals surface area contributed by atoms with Crippen LogP contribution < -0.4 is 4.72 Å². The molecule has 0 bridgehead atoms. The van der Waals surface area contributed by atoms with Crippen LogP contribution in [0.5, 0.6) is 0 Å². The average Bonchev–Trinajstić information content (AvgIpc) is 2.37. The molecule has 0 saturated carbocycles. The minimum Gasteiger partial charge on any atom is -0.478 e. The molecule has 1 rings (SSSR count). The Morgan fingerprint density at radius 2 is 2.15 bits per heavy atom. The van der Waals surface area contributed by atoms with E-state index in [9.17, 15) is 13.2 Å². The van der Waals surface area contributed by atoms with Crippen molar-refractivity contribution in [1.29, 1.82) is 0 Å². The first-order valence-corrected chi connectivity index (χ1v) is 7.62. The van der Waals surface area contributed by atoms with Crippen LogP contribution in [0.15, 0.2) is 23.1 Å². The lowest BCUT2D eigenvalue weighted by molar-refractivity contribution is 0.0696. The fraction of sp³-hybridized carbons (Fsp3) is 0.357. The van der Waals surface area contributed by atoms with E-state index < -0.39 is 22.0 Å². The van der Waals surface area contributed by atoms with Crippen LogP contribution in [0.3, 0.4) is 0 Å². The van der Waals surface area contributed by atoms with Crippen molar-refractivity contribution in [3.63, 3.8) is 0 Å². The molecule has 2 N–H and O–H groups in total. The topological polar surface area (TPSA) is 83.5 Å². The number of hydrogen-bond acceptors (Lipinski definition) is 3. The molecule has 1 aromatic rings. The maximum atomic E-state index is 12.3. The van der Waals surface area contributed by atoms with Crippen LogP contribution in [0.4, 0.5) is 0 Å². The van der Waals surface area contributed by atoms with E-state index in [1.807, 2.05) is 0 Å². The zero-order valence-corrected chi connectivity index (χ0v) is 12.2. The molecule has 0 fully saturated rings. The second kappa shape index (κ2) is 6.55. The van der Waals surface area contributed by atoms with E-state index in [4.69, 9.17) is 11.5 Å². The van der Waals surface area contributed by atoms with Gasteiger partial charge in [0.1, 0.15) is 0 Å². The van der Waals surface area contributed by atoms with Gasteiger partial charge in [0.05, 0.1) is 10.5 Å². The normalized spacial score (nSPS) is 12.7. The average molecular weight is 295 g/mol. The third kappa shape index (κ3) is 3.83. The number of nitrogens with one attached hydrogen (secondary N) is 1. The van der Waals surface area contributed by atoms with E-state index in [1.165, 1.54) is 18.2 Å². The first-order valence-electron chi connectivity index (χ1n) is 6.13. The molecule has 0 aliphatic rings. The second-order valence-electron chi connectivity index (χ2n) is 4.41. The van der Waals surface area contributed by atoms with E-state index in [0.717, 1.165) is 0 Å². The molecule has 0 aliphatic carbocycles. The predicted molar refractivity (Wildman–Crippen MR) is 76.0 cm³/mol. The van der Waals surface area contributed by atoms with Crippen molar-refractivity contribution in [3.05, 3.63) is 29.3 Å². The van der Waals surface area contributed by atoms with E-state index in [1.54, 1.807) is 13.8 Å². The van der Waals surface area contributed by atoms with Crippen molar-refractivity contribution in [2.75, 3.05) is 0 Å². The van der Waals surface area contributed by atoms with Gasteiger partial charge >= 0.3 is 5.97 Å². The Morgan fingerprint density at radius 1 is 1.50 bits per heavy atom. The number of hydrogen-bond donors (Lipinski definition) is 2. The number of rotatable bonds is 6. The fourth-order valence-corrected chi connectivity index (χ4v) is 3.36. The Balaban J connectivity index is 3.25. The fourth-order valence-electron chi connectivity index (χ4n) is 1.78. The molecule has 0 amide bonds. The number of carbonyl (C=O) groups is 1. The third-order valence-corrected chi connectivity index (χ3v) is 4.44. The highest BCUT2D eigenvalue weighted by atomic mass is 32.2. The van der Waals surface area contributed by atoms with Gasteiger partial charge in [-0.3, -0.25) is 0 Å². The first-order chi connectivity index (χ1) is 9.31. The van der Waals surface area contributed by atoms with Crippen molar-refractivity contribution >= 4 is 16.0 Å². The summed E-state index contributed by atoms with van der Waals surface area (Å²) >= 11 is 0. The van der Waals surface area contributed by atoms with Crippen LogP contribution in [0.2, 0.25) is 0 Å². The van der Waals surface area contributed by atoms with E-state index in [-0.39, 0.29) is 16.9 Å². The molecule has 1 unspecified atom stereocenters. The number of aromatic carboxylic acids is 1. The third-order valence-electron chi connectivity index (χ3n) is 2.76. The highest BCUT2D eigenvalue weighted by molar-refractivity contribution is 7.89. The number of benzene rings is 1. The summed E-state index contributed by atoms with van der Waals surface area (Å²) in [5, 5.41) is 8.96. The molecular formula is C14H17NO4S. The first kappa shape index (κ1) is 16.2. The number of sulfonamides is 1. The van der Waals surface area contributed by atoms with Crippen LogP contribution in [0.1, 0.15) is 36.2 Å². The summed E-state index contributed by atoms with van der Waals surface area (Å²) in [4.78, 5) is 11.0. The van der Waals surface area contributed by atoms with Gasteiger partial charge in [-0.05, 0) is 31.0 Å². The smallest absolute Gasteiger partial charge is 0.335 e. The number of aryl methyl sites for hydroxylation is 1. The maximum Gasteiger partial charge on any atom is 0.335 e. The lowest BCUT2D eigenvalue weighted by Crippen LogP contribution is -2.33. The molecule has 20 heavy (non-hydrogen) atoms. The van der Waals surface area contributed by atoms with Crippen LogP contribution in [-0.4, -0.2) is 25.5 Å². The molecular weight excluding hydrogens is 278 g/mol. The van der Waals surface area contributed by atoms with Gasteiger partial charge in [-0.25, -0.2) is 17.9 Å². The van der Waals surface area contributed by atoms with Gasteiger partial charge in [0.2, 0.25) is 10.0 Å². The molecule has 0 spiro atoms. The summed E-state index contributed by atoms with van der Waals surface area (Å²) < 4.78 is 27.0. The standard InChI is InChI=1S/C14H17NO4S/c1-4-6-10(3)15-20(18,19)13-9-12(14(16)17)8-7-11(13)5-2/h1,7-10,15H,5-6H2,2-3H3,(H,16,17). The molecule has 0 aliphatic heterocycles. The van der Waals surface area contributed by atoms with E-state index in [0.29, 0.717) is 12.0 Å². The second-order valence-corrected chi connectivity index (χ2v) is 6.09. The number of carboxylic acid groups (broad SMARTS) is 1. The summed E-state index contributed by atoms with van der Waals surface area (Å²) in [7, 11) is -3.79. The predicted octanol–water partition coefficient (Wildman–Crippen LogP) is 1.64. The monoisotopic (exact) mass is 295 g/mol. The quantitative estimate of drug-likeness (QED) is 0.781. The minimum absolute atomic E-state index is 0.0104. The number of terminal acetylenes is 1. The lowest BCUT2D eigenvalue weighted by atomic mass is 10.1. The molecule has 0 aromatic heterocycles. The van der Waals surface area contributed by atoms with Crippen molar-refractivity contribution in [2.45, 2.75) is 37.6 Å². The largest absolute Gasteiger partial charge is 0.478 e. The van der Waals surface area contributed by atoms with Crippen LogP contribution in [0, 0.1) is 12.3 Å². The molecule has 0 radical (unpaired) electrons. The van der Waals surface area contributed by atoms with Gasteiger partial charge in [-0.1, -0.05) is 13.0 Å². The molecule has 5 nitrogen and oxygen atoms in total. The Bertz CT molecular complexity index is 644. The van der Waals surface area contributed by atoms with Crippen LogP contribution in [0.25, 0.3) is 0 Å². The van der Waals surface area contributed by atoms with Gasteiger partial charge in [0, 0.05) is 12.5 Å². The van der Waals surface area contributed by atoms with Gasteiger partial charge in [0.15, 0.2) is 0 Å². The Kier molecular flexibility index (Phi) is 5.31. The Labute approximate surface area is 119 Å². The Hall–Kier alpha value is -1.84. The zero-order valence-electron chi connectivity index (χ0n) is 11.4. The Morgan fingerprint density at radius 3 is 2.65 bits per heavy atom. The van der Waals surface area contributed by atoms with E-state index >= 15 is 0 Å². The van der Waals surface area contributed by atoms with Gasteiger partial charge in [-0.15, -0.1) is 12.3 Å². The molecule has 108 valence electrons. The maximum absolute atomic E-state index is 12.3. The van der Waals surface area contributed by atoms with Crippen molar-refractivity contribution < 1.29 is 18.3 Å². The highest BCUT2D eigenvalue weighted by Gasteiger charge is 2.21. The van der Waals surface area contributed by atoms with Gasteiger partial charge in [-0.2, -0.15) is 0 Å². The van der Waals surface area contributed by atoms with Crippen molar-refractivity contribution in [2.24, 2.45) is 0 Å². The van der Waals surface area contributed by atoms with Gasteiger partial charge in [0.25, 0.3) is 0 Å². The van der Waals surface area contributed by atoms with Crippen LogP contribution >= 0.6 is 0 Å². The summed E-state index contributed by atoms with van der Waals surface area (Å²) in [6.07, 6.45) is 5.89. The highest BCUT2D eigenvalue weighted by Crippen LogP contribution is 2.19. The summed E-state index contributed by atoms with van der Waals surface area (Å²) in [5.74, 6) is 1.21. The van der Waals surface area contributed by atoms with E-state index in [2.05, 4.69) is 10.6 Å². The molecule has 0 heterocycles. The molecule has 6 heteroatoms.